The zero-order chi connectivity index (χ0) is 19.8. The van der Waals surface area contributed by atoms with Crippen molar-refractivity contribution in [2.75, 3.05) is 0 Å². The Morgan fingerprint density at radius 1 is 1.07 bits per heavy atom. The van der Waals surface area contributed by atoms with E-state index in [0.29, 0.717) is 6.07 Å². The van der Waals surface area contributed by atoms with Crippen LogP contribution in [0.2, 0.25) is 0 Å². The summed E-state index contributed by atoms with van der Waals surface area (Å²) in [6, 6.07) is 9.15. The van der Waals surface area contributed by atoms with E-state index >= 15 is 0 Å². The number of aryl methyl sites for hydroxylation is 1. The molecule has 140 valence electrons. The number of nitrogens with two attached hydrogens (primary N) is 1. The quantitative estimate of drug-likeness (QED) is 0.415. The van der Waals surface area contributed by atoms with Crippen molar-refractivity contribution in [2.45, 2.75) is 6.18 Å². The molecule has 0 saturated carbocycles. The predicted molar refractivity (Wildman–Crippen MR) is 90.4 cm³/mol. The van der Waals surface area contributed by atoms with Crippen LogP contribution in [0.3, 0.4) is 0 Å². The van der Waals surface area contributed by atoms with E-state index in [-0.39, 0.29) is 22.4 Å². The molecule has 2 N–H and O–H groups in total. The molecule has 0 radical (unpaired) electrons. The lowest BCUT2D eigenvalue weighted by atomic mass is 10.0. The number of rotatable bonds is 3. The van der Waals surface area contributed by atoms with Crippen molar-refractivity contribution in [1.82, 2.24) is 9.78 Å². The van der Waals surface area contributed by atoms with Gasteiger partial charge < -0.3 is 5.73 Å². The van der Waals surface area contributed by atoms with Crippen molar-refractivity contribution in [3.63, 3.8) is 0 Å². The highest BCUT2D eigenvalue weighted by atomic mass is 19.4. The van der Waals surface area contributed by atoms with Crippen molar-refractivity contribution in [1.29, 1.82) is 0 Å². The van der Waals surface area contributed by atoms with E-state index in [1.54, 1.807) is 12.1 Å². The summed E-state index contributed by atoms with van der Waals surface area (Å²) in [5.74, 6) is -2.00. The predicted octanol–water partition coefficient (Wildman–Crippen LogP) is 4.42. The van der Waals surface area contributed by atoms with Crippen molar-refractivity contribution in [2.24, 2.45) is 17.8 Å². The smallest absolute Gasteiger partial charge is 0.383 e. The van der Waals surface area contributed by atoms with E-state index in [1.165, 1.54) is 25.2 Å². The molecule has 4 nitrogen and oxygen atoms in total. The molecular formula is C18H13F5N4. The second-order valence-electron chi connectivity index (χ2n) is 5.70. The maximum Gasteiger partial charge on any atom is 0.435 e. The molecule has 3 rings (SSSR count). The fourth-order valence-electron chi connectivity index (χ4n) is 2.58. The van der Waals surface area contributed by atoms with Gasteiger partial charge in [0.1, 0.15) is 17.5 Å². The van der Waals surface area contributed by atoms with Crippen molar-refractivity contribution in [3.05, 3.63) is 71.6 Å². The minimum Gasteiger partial charge on any atom is -0.383 e. The number of amidine groups is 1. The first-order valence-electron chi connectivity index (χ1n) is 7.66. The number of hydrogen-bond donors (Lipinski definition) is 1. The van der Waals surface area contributed by atoms with Gasteiger partial charge in [-0.3, -0.25) is 4.68 Å². The van der Waals surface area contributed by atoms with Crippen molar-refractivity contribution in [3.8, 4) is 11.1 Å². The van der Waals surface area contributed by atoms with Gasteiger partial charge in [-0.1, -0.05) is 18.2 Å². The molecule has 0 amide bonds. The summed E-state index contributed by atoms with van der Waals surface area (Å²) >= 11 is 0. The van der Waals surface area contributed by atoms with Crippen molar-refractivity contribution >= 4 is 11.5 Å². The fourth-order valence-corrected chi connectivity index (χ4v) is 2.58. The van der Waals surface area contributed by atoms with Crippen LogP contribution in [-0.4, -0.2) is 15.6 Å². The van der Waals surface area contributed by atoms with Crippen molar-refractivity contribution < 1.29 is 22.0 Å². The molecule has 0 atom stereocenters. The third-order valence-electron chi connectivity index (χ3n) is 3.74. The number of benzene rings is 2. The van der Waals surface area contributed by atoms with Crippen LogP contribution in [0.25, 0.3) is 11.1 Å². The Bertz CT molecular complexity index is 1020. The number of nitrogens with zero attached hydrogens (tertiary/aromatic N) is 3. The summed E-state index contributed by atoms with van der Waals surface area (Å²) in [4.78, 5) is 4.04. The summed E-state index contributed by atoms with van der Waals surface area (Å²) in [7, 11) is 1.33. The van der Waals surface area contributed by atoms with Gasteiger partial charge >= 0.3 is 6.18 Å². The summed E-state index contributed by atoms with van der Waals surface area (Å²) in [6.07, 6.45) is -3.61. The zero-order valence-electron chi connectivity index (χ0n) is 13.9. The molecule has 0 aliphatic rings. The zero-order valence-corrected chi connectivity index (χ0v) is 13.9. The van der Waals surface area contributed by atoms with Crippen LogP contribution in [0.15, 0.2) is 53.7 Å². The number of aromatic nitrogens is 2. The SMILES string of the molecule is Cn1cc(C(N)=Nc2ccccc2-c2ccc(F)cc2F)c(C(F)(F)F)n1. The normalized spacial score (nSPS) is 12.4. The molecule has 1 heterocycles. The Balaban J connectivity index is 2.12. The number of alkyl halides is 3. The standard InChI is InChI=1S/C18H13F5N4/c1-27-9-13(16(26-27)18(21,22)23)17(24)25-15-5-3-2-4-12(15)11-7-6-10(19)8-14(11)20/h2-9H,1H3,(H2,24,25). The Hall–Kier alpha value is -3.23. The van der Waals surface area contributed by atoms with Gasteiger partial charge in [0.25, 0.3) is 0 Å². The monoisotopic (exact) mass is 380 g/mol. The second-order valence-corrected chi connectivity index (χ2v) is 5.70. The number of hydrogen-bond acceptors (Lipinski definition) is 2. The molecule has 0 aliphatic carbocycles. The minimum absolute atomic E-state index is 0.0470. The molecule has 27 heavy (non-hydrogen) atoms. The third kappa shape index (κ3) is 3.81. The first-order valence-corrected chi connectivity index (χ1v) is 7.66. The van der Waals surface area contributed by atoms with Gasteiger partial charge in [0.15, 0.2) is 5.69 Å². The van der Waals surface area contributed by atoms with E-state index in [9.17, 15) is 22.0 Å². The highest BCUT2D eigenvalue weighted by Crippen LogP contribution is 2.34. The molecule has 2 aromatic carbocycles. The second kappa shape index (κ2) is 6.82. The lowest BCUT2D eigenvalue weighted by molar-refractivity contribution is -0.141. The molecule has 0 spiro atoms. The molecule has 0 saturated heterocycles. The van der Waals surface area contributed by atoms with Crippen LogP contribution in [0.5, 0.6) is 0 Å². The third-order valence-corrected chi connectivity index (χ3v) is 3.74. The van der Waals surface area contributed by atoms with E-state index < -0.39 is 29.3 Å². The van der Waals surface area contributed by atoms with Gasteiger partial charge in [0.05, 0.1) is 11.3 Å². The summed E-state index contributed by atoms with van der Waals surface area (Å²) in [5, 5.41) is 3.38. The van der Waals surface area contributed by atoms with Crippen LogP contribution >= 0.6 is 0 Å². The van der Waals surface area contributed by atoms with Gasteiger partial charge in [-0.25, -0.2) is 13.8 Å². The highest BCUT2D eigenvalue weighted by Gasteiger charge is 2.38. The summed E-state index contributed by atoms with van der Waals surface area (Å²) in [5.41, 5.74) is 4.67. The molecule has 3 aromatic rings. The molecular weight excluding hydrogens is 367 g/mol. The van der Waals surface area contributed by atoms with Crippen LogP contribution < -0.4 is 5.73 Å². The van der Waals surface area contributed by atoms with Gasteiger partial charge in [-0.15, -0.1) is 0 Å². The van der Waals surface area contributed by atoms with E-state index in [1.807, 2.05) is 0 Å². The lowest BCUT2D eigenvalue weighted by Crippen LogP contribution is -2.18. The molecule has 0 bridgehead atoms. The molecule has 0 unspecified atom stereocenters. The topological polar surface area (TPSA) is 56.2 Å². The van der Waals surface area contributed by atoms with Crippen LogP contribution in [0, 0.1) is 11.6 Å². The number of aliphatic imine (C=N–C) groups is 1. The average molecular weight is 380 g/mol. The van der Waals surface area contributed by atoms with Crippen LogP contribution in [0.4, 0.5) is 27.6 Å². The van der Waals surface area contributed by atoms with Gasteiger partial charge in [-0.05, 0) is 18.2 Å². The summed E-state index contributed by atoms with van der Waals surface area (Å²) < 4.78 is 67.6. The lowest BCUT2D eigenvalue weighted by Gasteiger charge is -2.09. The maximum atomic E-state index is 14.1. The van der Waals surface area contributed by atoms with Crippen LogP contribution in [0.1, 0.15) is 11.3 Å². The Morgan fingerprint density at radius 3 is 2.44 bits per heavy atom. The van der Waals surface area contributed by atoms with E-state index in [2.05, 4.69) is 10.1 Å². The maximum absolute atomic E-state index is 14.1. The molecule has 0 aliphatic heterocycles. The van der Waals surface area contributed by atoms with Gasteiger partial charge in [-0.2, -0.15) is 18.3 Å². The van der Waals surface area contributed by atoms with E-state index in [4.69, 9.17) is 5.73 Å². The van der Waals surface area contributed by atoms with Crippen LogP contribution in [-0.2, 0) is 13.2 Å². The molecule has 1 aromatic heterocycles. The molecule has 9 heteroatoms. The number of halogens is 5. The average Bonchev–Trinajstić information content (AvgIpc) is 2.98. The fraction of sp³-hybridized carbons (Fsp3) is 0.111. The Kier molecular flexibility index (Phi) is 4.69. The first kappa shape index (κ1) is 18.6. The minimum atomic E-state index is -4.71. The Labute approximate surface area is 150 Å². The highest BCUT2D eigenvalue weighted by molar-refractivity contribution is 6.01. The molecule has 0 fully saturated rings. The van der Waals surface area contributed by atoms with Gasteiger partial charge in [0.2, 0.25) is 0 Å². The Morgan fingerprint density at radius 2 is 1.78 bits per heavy atom. The first-order chi connectivity index (χ1) is 12.7. The summed E-state index contributed by atoms with van der Waals surface area (Å²) in [6.45, 7) is 0. The van der Waals surface area contributed by atoms with E-state index in [0.717, 1.165) is 16.9 Å². The van der Waals surface area contributed by atoms with Gasteiger partial charge in [0, 0.05) is 30.4 Å². The number of para-hydroxylation sites is 1. The largest absolute Gasteiger partial charge is 0.435 e.